The molecule has 2 heteroatoms. The number of likely N-dealkylation sites (tertiary alicyclic amines) is 1. The lowest BCUT2D eigenvalue weighted by molar-refractivity contribution is -0.0912. The molecule has 4 aliphatic rings. The molecule has 4 fully saturated rings. The average molecular weight is 291 g/mol. The highest BCUT2D eigenvalue weighted by Gasteiger charge is 2.80. The molecule has 2 nitrogen and oxygen atoms in total. The van der Waals surface area contributed by atoms with Crippen LogP contribution in [0, 0.1) is 23.2 Å². The zero-order valence-corrected chi connectivity index (χ0v) is 14.8. The van der Waals surface area contributed by atoms with Crippen LogP contribution in [0.5, 0.6) is 0 Å². The zero-order valence-electron chi connectivity index (χ0n) is 14.8. The molecule has 21 heavy (non-hydrogen) atoms. The Bertz CT molecular complexity index is 445. The van der Waals surface area contributed by atoms with Crippen LogP contribution in [0.4, 0.5) is 0 Å². The second kappa shape index (κ2) is 4.06. The Labute approximate surface area is 130 Å². The highest BCUT2D eigenvalue weighted by Crippen LogP contribution is 2.69. The van der Waals surface area contributed by atoms with Gasteiger partial charge >= 0.3 is 0 Å². The molecule has 4 rings (SSSR count). The highest BCUT2D eigenvalue weighted by molar-refractivity contribution is 5.25. The minimum Gasteiger partial charge on any atom is -0.349 e. The summed E-state index contributed by atoms with van der Waals surface area (Å²) in [7, 11) is 0. The molecule has 0 amide bonds. The monoisotopic (exact) mass is 291 g/mol. The fourth-order valence-corrected chi connectivity index (χ4v) is 6.39. The summed E-state index contributed by atoms with van der Waals surface area (Å²) in [5, 5.41) is 0. The van der Waals surface area contributed by atoms with Crippen LogP contribution in [0.3, 0.4) is 0 Å². The van der Waals surface area contributed by atoms with E-state index in [4.69, 9.17) is 4.74 Å². The van der Waals surface area contributed by atoms with Gasteiger partial charge in [-0.3, -0.25) is 4.90 Å². The van der Waals surface area contributed by atoms with Crippen LogP contribution >= 0.6 is 0 Å². The molecular formula is C19H33NO. The van der Waals surface area contributed by atoms with E-state index in [1.807, 2.05) is 0 Å². The maximum Gasteiger partial charge on any atom is 0.154 e. The topological polar surface area (TPSA) is 15.8 Å². The number of ether oxygens (including phenoxy) is 1. The normalized spacial score (nSPS) is 49.7. The van der Waals surface area contributed by atoms with Gasteiger partial charge in [-0.2, -0.15) is 0 Å². The van der Waals surface area contributed by atoms with Crippen molar-refractivity contribution >= 4 is 0 Å². The van der Waals surface area contributed by atoms with Gasteiger partial charge in [-0.25, -0.2) is 0 Å². The molecule has 0 spiro atoms. The van der Waals surface area contributed by atoms with Crippen molar-refractivity contribution in [1.82, 2.24) is 4.90 Å². The smallest absolute Gasteiger partial charge is 0.154 e. The minimum atomic E-state index is 0.0169. The first-order valence-corrected chi connectivity index (χ1v) is 9.15. The van der Waals surface area contributed by atoms with Crippen molar-refractivity contribution in [2.24, 2.45) is 23.2 Å². The van der Waals surface area contributed by atoms with Gasteiger partial charge in [0.1, 0.15) is 6.10 Å². The summed E-state index contributed by atoms with van der Waals surface area (Å²) in [5.41, 5.74) is 0.428. The van der Waals surface area contributed by atoms with Crippen molar-refractivity contribution in [1.29, 1.82) is 0 Å². The molecule has 0 aromatic carbocycles. The van der Waals surface area contributed by atoms with E-state index in [0.29, 0.717) is 6.10 Å². The third kappa shape index (κ3) is 1.72. The van der Waals surface area contributed by atoms with Crippen LogP contribution in [-0.2, 0) is 4.74 Å². The van der Waals surface area contributed by atoms with E-state index >= 15 is 0 Å². The van der Waals surface area contributed by atoms with Gasteiger partial charge in [0.2, 0.25) is 0 Å². The van der Waals surface area contributed by atoms with Gasteiger partial charge in [-0.15, -0.1) is 0 Å². The molecular weight excluding hydrogens is 258 g/mol. The van der Waals surface area contributed by atoms with Crippen LogP contribution in [0.2, 0.25) is 0 Å². The van der Waals surface area contributed by atoms with Gasteiger partial charge in [-0.05, 0) is 45.4 Å². The van der Waals surface area contributed by atoms with Gasteiger partial charge in [0.05, 0.1) is 0 Å². The van der Waals surface area contributed by atoms with Crippen molar-refractivity contribution in [3.05, 3.63) is 0 Å². The van der Waals surface area contributed by atoms with E-state index in [9.17, 15) is 0 Å². The number of fused-ring (bicyclic) bond motifs is 5. The van der Waals surface area contributed by atoms with Gasteiger partial charge in [0.15, 0.2) is 5.72 Å². The maximum atomic E-state index is 6.53. The Hall–Kier alpha value is -0.0800. The molecule has 120 valence electrons. The molecule has 2 aliphatic carbocycles. The number of nitrogens with zero attached hydrogens (tertiary/aromatic N) is 1. The molecule has 0 bridgehead atoms. The van der Waals surface area contributed by atoms with E-state index < -0.39 is 0 Å². The van der Waals surface area contributed by atoms with Crippen LogP contribution in [-0.4, -0.2) is 28.3 Å². The predicted molar refractivity (Wildman–Crippen MR) is 86.0 cm³/mol. The highest BCUT2D eigenvalue weighted by atomic mass is 16.6. The van der Waals surface area contributed by atoms with E-state index in [1.165, 1.54) is 32.1 Å². The van der Waals surface area contributed by atoms with Crippen molar-refractivity contribution < 1.29 is 4.74 Å². The van der Waals surface area contributed by atoms with Crippen LogP contribution in [0.25, 0.3) is 0 Å². The lowest BCUT2D eigenvalue weighted by atomic mass is 9.74. The quantitative estimate of drug-likeness (QED) is 0.613. The Morgan fingerprint density at radius 3 is 2.29 bits per heavy atom. The second-order valence-corrected chi connectivity index (χ2v) is 10.1. The zero-order chi connectivity index (χ0) is 15.2. The van der Waals surface area contributed by atoms with E-state index in [2.05, 4.69) is 46.4 Å². The van der Waals surface area contributed by atoms with E-state index in [-0.39, 0.29) is 16.7 Å². The summed E-state index contributed by atoms with van der Waals surface area (Å²) in [6.45, 7) is 14.3. The maximum absolute atomic E-state index is 6.53. The first-order chi connectivity index (χ1) is 9.68. The molecule has 2 saturated carbocycles. The fourth-order valence-electron chi connectivity index (χ4n) is 6.39. The molecule has 2 aliphatic heterocycles. The standard InChI is InChI=1S/C19H33NO/c1-17(2,3)19-16(21-19)15-13-10-8-7-9-12(13)11-14(15)20(19)18(4,5)6/h12-16H,7-11H2,1-6H3. The largest absolute Gasteiger partial charge is 0.349 e. The number of epoxide rings is 1. The fraction of sp³-hybridized carbons (Fsp3) is 1.00. The van der Waals surface area contributed by atoms with Crippen LogP contribution in [0.15, 0.2) is 0 Å². The van der Waals surface area contributed by atoms with Gasteiger partial charge in [0.25, 0.3) is 0 Å². The minimum absolute atomic E-state index is 0.0169. The number of hydrogen-bond acceptors (Lipinski definition) is 2. The summed E-state index contributed by atoms with van der Waals surface area (Å²) in [4.78, 5) is 2.81. The molecule has 0 N–H and O–H groups in total. The summed E-state index contributed by atoms with van der Waals surface area (Å²) >= 11 is 0. The lowest BCUT2D eigenvalue weighted by Crippen LogP contribution is -2.57. The molecule has 2 saturated heterocycles. The van der Waals surface area contributed by atoms with Crippen LogP contribution < -0.4 is 0 Å². The third-order valence-electron chi connectivity index (χ3n) is 6.92. The Kier molecular flexibility index (Phi) is 2.80. The van der Waals surface area contributed by atoms with E-state index in [1.54, 1.807) is 0 Å². The second-order valence-electron chi connectivity index (χ2n) is 10.1. The molecule has 6 unspecified atom stereocenters. The van der Waals surface area contributed by atoms with Gasteiger partial charge in [-0.1, -0.05) is 40.0 Å². The predicted octanol–water partition coefficient (Wildman–Crippen LogP) is 4.44. The van der Waals surface area contributed by atoms with Gasteiger partial charge in [0, 0.05) is 22.9 Å². The van der Waals surface area contributed by atoms with Crippen molar-refractivity contribution in [3.8, 4) is 0 Å². The number of rotatable bonds is 0. The Morgan fingerprint density at radius 2 is 1.67 bits per heavy atom. The summed E-state index contributed by atoms with van der Waals surface area (Å²) in [5.74, 6) is 2.75. The SMILES string of the molecule is CC(C)(C)N1C2CC3CCCCC3C2C2OC21C(C)(C)C. The molecule has 2 heterocycles. The number of hydrogen-bond donors (Lipinski definition) is 0. The third-order valence-corrected chi connectivity index (χ3v) is 6.92. The summed E-state index contributed by atoms with van der Waals surface area (Å²) in [6, 6.07) is 0.774. The molecule has 0 aromatic heterocycles. The first-order valence-electron chi connectivity index (χ1n) is 9.15. The van der Waals surface area contributed by atoms with Crippen molar-refractivity contribution in [2.45, 2.75) is 97.1 Å². The molecule has 6 atom stereocenters. The summed E-state index contributed by atoms with van der Waals surface area (Å²) in [6.07, 6.45) is 7.80. The Morgan fingerprint density at radius 1 is 1.00 bits per heavy atom. The lowest BCUT2D eigenvalue weighted by Gasteiger charge is -2.47. The average Bonchev–Trinajstić information content (AvgIpc) is 2.85. The van der Waals surface area contributed by atoms with Crippen LogP contribution in [0.1, 0.15) is 73.6 Å². The summed E-state index contributed by atoms with van der Waals surface area (Å²) < 4.78 is 6.53. The van der Waals surface area contributed by atoms with Crippen molar-refractivity contribution in [3.63, 3.8) is 0 Å². The van der Waals surface area contributed by atoms with E-state index in [0.717, 1.165) is 23.8 Å². The first kappa shape index (κ1) is 14.5. The van der Waals surface area contributed by atoms with Crippen molar-refractivity contribution in [2.75, 3.05) is 0 Å². The van der Waals surface area contributed by atoms with Gasteiger partial charge < -0.3 is 4.74 Å². The Balaban J connectivity index is 1.74. The molecule has 0 radical (unpaired) electrons. The molecule has 0 aromatic rings.